The van der Waals surface area contributed by atoms with Gasteiger partial charge in [0.2, 0.25) is 6.29 Å². The van der Waals surface area contributed by atoms with E-state index < -0.39 is 12.3 Å². The summed E-state index contributed by atoms with van der Waals surface area (Å²) in [6.45, 7) is 0. The Kier molecular flexibility index (Phi) is 4.30. The molecule has 0 aliphatic heterocycles. The van der Waals surface area contributed by atoms with Crippen molar-refractivity contribution in [1.82, 2.24) is 0 Å². The number of hydrogen-bond acceptors (Lipinski definition) is 2. The molecule has 1 fully saturated rings. The second-order valence-electron chi connectivity index (χ2n) is 4.63. The molecule has 2 nitrogen and oxygen atoms in total. The van der Waals surface area contributed by atoms with Gasteiger partial charge < -0.3 is 0 Å². The number of carbonyl (C=O) groups is 1. The molecule has 0 radical (unpaired) electrons. The first-order valence-corrected chi connectivity index (χ1v) is 6.58. The number of aldehydes is 1. The monoisotopic (exact) mass is 285 g/mol. The number of benzene rings is 1. The van der Waals surface area contributed by atoms with Crippen molar-refractivity contribution < 1.29 is 13.6 Å². The fourth-order valence-electron chi connectivity index (χ4n) is 2.44. The van der Waals surface area contributed by atoms with Crippen LogP contribution in [-0.4, -0.2) is 18.0 Å². The molecule has 0 spiro atoms. The van der Waals surface area contributed by atoms with Gasteiger partial charge in [0.05, 0.1) is 0 Å². The molecule has 0 bridgehead atoms. The molecular formula is C14H14ClF2NO. The van der Waals surface area contributed by atoms with Crippen molar-refractivity contribution in [3.63, 3.8) is 0 Å². The lowest BCUT2D eigenvalue weighted by Gasteiger charge is -2.26. The van der Waals surface area contributed by atoms with Crippen molar-refractivity contribution in [2.75, 3.05) is 0 Å². The van der Waals surface area contributed by atoms with Crippen LogP contribution in [0.25, 0.3) is 0 Å². The highest BCUT2D eigenvalue weighted by atomic mass is 35.5. The Labute approximate surface area is 115 Å². The Morgan fingerprint density at radius 1 is 1.32 bits per heavy atom. The standard InChI is InChI=1S/C14H14ClF2NO/c15-12-7-3-1-5-10(12)11-6-2-4-8-13(11)18-14(16,17)9-19/h1,3,5,7,9,11H,2,4,6,8H2/b18-13-. The largest absolute Gasteiger partial charge is 0.398 e. The minimum atomic E-state index is -3.63. The summed E-state index contributed by atoms with van der Waals surface area (Å²) in [6, 6.07) is 3.55. The average molecular weight is 286 g/mol. The van der Waals surface area contributed by atoms with Gasteiger partial charge in [-0.05, 0) is 30.9 Å². The zero-order valence-electron chi connectivity index (χ0n) is 10.3. The van der Waals surface area contributed by atoms with Crippen LogP contribution in [-0.2, 0) is 4.79 Å². The summed E-state index contributed by atoms with van der Waals surface area (Å²) < 4.78 is 26.3. The van der Waals surface area contributed by atoms with Crippen molar-refractivity contribution in [3.8, 4) is 0 Å². The molecule has 0 heterocycles. The topological polar surface area (TPSA) is 29.4 Å². The summed E-state index contributed by atoms with van der Waals surface area (Å²) in [5.74, 6) is -0.215. The SMILES string of the molecule is O=CC(F)(F)/N=C1/CCCCC1c1ccccc1Cl. The van der Waals surface area contributed by atoms with Crippen molar-refractivity contribution in [3.05, 3.63) is 34.9 Å². The van der Waals surface area contributed by atoms with E-state index >= 15 is 0 Å². The highest BCUT2D eigenvalue weighted by molar-refractivity contribution is 6.31. The first-order chi connectivity index (χ1) is 9.03. The number of alkyl halides is 2. The highest BCUT2D eigenvalue weighted by Gasteiger charge is 2.31. The van der Waals surface area contributed by atoms with Crippen LogP contribution in [0.2, 0.25) is 5.02 Å². The summed E-state index contributed by atoms with van der Waals surface area (Å²) in [4.78, 5) is 13.7. The molecule has 5 heteroatoms. The van der Waals surface area contributed by atoms with Crippen molar-refractivity contribution in [2.24, 2.45) is 4.99 Å². The lowest BCUT2D eigenvalue weighted by molar-refractivity contribution is -0.127. The highest BCUT2D eigenvalue weighted by Crippen LogP contribution is 2.35. The molecule has 1 aliphatic carbocycles. The van der Waals surface area contributed by atoms with Gasteiger partial charge in [0.25, 0.3) is 0 Å². The van der Waals surface area contributed by atoms with E-state index in [0.717, 1.165) is 24.8 Å². The molecule has 1 unspecified atom stereocenters. The zero-order chi connectivity index (χ0) is 13.9. The van der Waals surface area contributed by atoms with E-state index in [1.807, 2.05) is 12.1 Å². The van der Waals surface area contributed by atoms with E-state index in [1.165, 1.54) is 0 Å². The minimum Gasteiger partial charge on any atom is -0.294 e. The Balaban J connectivity index is 2.37. The van der Waals surface area contributed by atoms with Crippen LogP contribution in [0.4, 0.5) is 8.78 Å². The first kappa shape index (κ1) is 14.1. The average Bonchev–Trinajstić information content (AvgIpc) is 2.40. The van der Waals surface area contributed by atoms with E-state index in [0.29, 0.717) is 17.2 Å². The quantitative estimate of drug-likeness (QED) is 0.603. The van der Waals surface area contributed by atoms with Gasteiger partial charge in [-0.25, -0.2) is 4.99 Å². The van der Waals surface area contributed by atoms with Gasteiger partial charge in [-0.3, -0.25) is 4.79 Å². The summed E-state index contributed by atoms with van der Waals surface area (Å²) in [5, 5.41) is 0.552. The molecule has 0 N–H and O–H groups in total. The van der Waals surface area contributed by atoms with Crippen LogP contribution in [0, 0.1) is 0 Å². The molecule has 19 heavy (non-hydrogen) atoms. The van der Waals surface area contributed by atoms with Crippen LogP contribution in [0.5, 0.6) is 0 Å². The molecular weight excluding hydrogens is 272 g/mol. The third-order valence-corrected chi connectivity index (χ3v) is 3.64. The summed E-state index contributed by atoms with van der Waals surface area (Å²) in [6.07, 6.45) is 2.56. The van der Waals surface area contributed by atoms with Crippen LogP contribution in [0.3, 0.4) is 0 Å². The van der Waals surface area contributed by atoms with Gasteiger partial charge >= 0.3 is 6.05 Å². The van der Waals surface area contributed by atoms with Crippen molar-refractivity contribution in [1.29, 1.82) is 0 Å². The van der Waals surface area contributed by atoms with Crippen molar-refractivity contribution >= 4 is 23.6 Å². The molecule has 1 aliphatic rings. The van der Waals surface area contributed by atoms with Crippen LogP contribution in [0.1, 0.15) is 37.2 Å². The Morgan fingerprint density at radius 3 is 2.74 bits per heavy atom. The van der Waals surface area contributed by atoms with Crippen LogP contribution < -0.4 is 0 Å². The van der Waals surface area contributed by atoms with Gasteiger partial charge in [0.15, 0.2) is 0 Å². The maximum atomic E-state index is 13.1. The predicted octanol–water partition coefficient (Wildman–Crippen LogP) is 4.23. The molecule has 1 saturated carbocycles. The number of carbonyl (C=O) groups excluding carboxylic acids is 1. The first-order valence-electron chi connectivity index (χ1n) is 6.21. The second-order valence-corrected chi connectivity index (χ2v) is 5.04. The Morgan fingerprint density at radius 2 is 2.05 bits per heavy atom. The maximum Gasteiger partial charge on any atom is 0.398 e. The molecule has 102 valence electrons. The third-order valence-electron chi connectivity index (χ3n) is 3.29. The fraction of sp³-hybridized carbons (Fsp3) is 0.429. The second kappa shape index (κ2) is 5.78. The lowest BCUT2D eigenvalue weighted by atomic mass is 9.82. The minimum absolute atomic E-state index is 0.215. The smallest absolute Gasteiger partial charge is 0.294 e. The van der Waals surface area contributed by atoms with E-state index in [4.69, 9.17) is 11.6 Å². The Hall–Kier alpha value is -1.29. The predicted molar refractivity (Wildman–Crippen MR) is 71.1 cm³/mol. The number of nitrogens with zero attached hydrogens (tertiary/aromatic N) is 1. The van der Waals surface area contributed by atoms with Gasteiger partial charge in [-0.15, -0.1) is 0 Å². The molecule has 1 aromatic carbocycles. The third kappa shape index (κ3) is 3.38. The van der Waals surface area contributed by atoms with E-state index in [2.05, 4.69) is 4.99 Å². The van der Waals surface area contributed by atoms with Crippen LogP contribution >= 0.6 is 11.6 Å². The van der Waals surface area contributed by atoms with Gasteiger partial charge in [-0.1, -0.05) is 36.2 Å². The van der Waals surface area contributed by atoms with E-state index in [-0.39, 0.29) is 5.92 Å². The maximum absolute atomic E-state index is 13.1. The van der Waals surface area contributed by atoms with Gasteiger partial charge in [0.1, 0.15) is 0 Å². The molecule has 0 saturated heterocycles. The van der Waals surface area contributed by atoms with Crippen molar-refractivity contribution in [2.45, 2.75) is 37.6 Å². The number of halogens is 3. The number of rotatable bonds is 3. The lowest BCUT2D eigenvalue weighted by Crippen LogP contribution is -2.24. The zero-order valence-corrected chi connectivity index (χ0v) is 11.0. The summed E-state index contributed by atoms with van der Waals surface area (Å²) >= 11 is 6.12. The summed E-state index contributed by atoms with van der Waals surface area (Å²) in [7, 11) is 0. The molecule has 1 aromatic rings. The molecule has 1 atom stereocenters. The molecule has 0 aromatic heterocycles. The summed E-state index contributed by atoms with van der Waals surface area (Å²) in [5.41, 5.74) is 1.18. The Bertz CT molecular complexity index is 502. The van der Waals surface area contributed by atoms with E-state index in [9.17, 15) is 13.6 Å². The number of hydrogen-bond donors (Lipinski definition) is 0. The van der Waals surface area contributed by atoms with Gasteiger partial charge in [0, 0.05) is 16.7 Å². The number of aliphatic imine (C=N–C) groups is 1. The molecule has 0 amide bonds. The normalized spacial score (nSPS) is 22.5. The van der Waals surface area contributed by atoms with Crippen LogP contribution in [0.15, 0.2) is 29.3 Å². The molecule has 2 rings (SSSR count). The van der Waals surface area contributed by atoms with E-state index in [1.54, 1.807) is 12.1 Å². The fourth-order valence-corrected chi connectivity index (χ4v) is 2.71. The van der Waals surface area contributed by atoms with Gasteiger partial charge in [-0.2, -0.15) is 8.78 Å².